The average molecular weight is 1160 g/mol. The molecule has 0 fully saturated rings. The lowest BCUT2D eigenvalue weighted by Gasteiger charge is -1.75. The second kappa shape index (κ2) is 52.8. The second-order valence-electron chi connectivity index (χ2n) is 6.60. The Bertz CT molecular complexity index is 806. The molecule has 0 amide bonds. The van der Waals surface area contributed by atoms with Gasteiger partial charge in [0.25, 0.3) is 0 Å². The third-order valence-electron chi connectivity index (χ3n) is 3.17. The molecule has 0 unspecified atom stereocenters. The molecule has 0 atom stereocenters. The van der Waals surface area contributed by atoms with Gasteiger partial charge in [0, 0.05) is 248 Å². The van der Waals surface area contributed by atoms with Crippen molar-refractivity contribution in [2.75, 3.05) is 0 Å². The lowest BCUT2D eigenvalue weighted by molar-refractivity contribution is 1.46. The Labute approximate surface area is 412 Å². The molecular formula is C22H33N11S22. The molecule has 33 heteroatoms. The Balaban J connectivity index is 0.000000302. The van der Waals surface area contributed by atoms with Gasteiger partial charge in [-0.3, -0.25) is 0 Å². The van der Waals surface area contributed by atoms with E-state index >= 15 is 0 Å². The minimum atomic E-state index is 1.63. The first-order valence-corrected chi connectivity index (χ1v) is 37.9. The van der Waals surface area contributed by atoms with Gasteiger partial charge in [0.15, 0.2) is 0 Å². The highest BCUT2D eigenvalue weighted by Crippen LogP contribution is 2.27. The second-order valence-corrected chi connectivity index (χ2v) is 28.0. The molecule has 0 aliphatic carbocycles. The van der Waals surface area contributed by atoms with Crippen molar-refractivity contribution in [2.24, 2.45) is 0 Å². The highest BCUT2D eigenvalue weighted by Gasteiger charge is 1.88. The Morgan fingerprint density at radius 3 is 0.255 bits per heavy atom. The Morgan fingerprint density at radius 1 is 0.145 bits per heavy atom. The zero-order chi connectivity index (χ0) is 38.9. The van der Waals surface area contributed by atoms with Crippen molar-refractivity contribution < 1.29 is 0 Å². The van der Waals surface area contributed by atoms with Crippen molar-refractivity contribution in [3.05, 3.63) is 128 Å². The van der Waals surface area contributed by atoms with Crippen molar-refractivity contribution >= 4 is 240 Å². The summed E-state index contributed by atoms with van der Waals surface area (Å²) in [4.78, 5) is 0. The SMILES string of the molecule is C1=CSSN1.C1=CSSN1.C1=CSSN1.C1=CSSN1.C1=CSSN1.C1=CSSN1.C1=CSSN1.C1=CSSN1.C1=CSSN1.C1=CSSN1.C1=CSSN1. The molecule has 0 aromatic heterocycles. The van der Waals surface area contributed by atoms with E-state index in [0.717, 1.165) is 0 Å². The molecule has 0 aromatic rings. The van der Waals surface area contributed by atoms with Crippen molar-refractivity contribution in [1.82, 2.24) is 51.9 Å². The zero-order valence-corrected chi connectivity index (χ0v) is 45.1. The Hall–Kier alpha value is 2.64. The topological polar surface area (TPSA) is 132 Å². The van der Waals surface area contributed by atoms with Crippen LogP contribution in [0.25, 0.3) is 0 Å². The van der Waals surface area contributed by atoms with Crippen LogP contribution in [0.2, 0.25) is 0 Å². The lowest BCUT2D eigenvalue weighted by Crippen LogP contribution is -1.76. The molecule has 11 rings (SSSR count). The van der Waals surface area contributed by atoms with E-state index in [0.29, 0.717) is 0 Å². The number of hydrogen-bond donors (Lipinski definition) is 11. The van der Waals surface area contributed by atoms with Gasteiger partial charge >= 0.3 is 0 Å². The molecule has 0 aromatic carbocycles. The fraction of sp³-hybridized carbons (Fsp3) is 0. The van der Waals surface area contributed by atoms with Crippen LogP contribution in [0.4, 0.5) is 0 Å². The van der Waals surface area contributed by atoms with Gasteiger partial charge in [-0.15, -0.1) is 0 Å². The van der Waals surface area contributed by atoms with Crippen LogP contribution in [-0.4, -0.2) is 0 Å². The van der Waals surface area contributed by atoms with Crippen LogP contribution in [0.15, 0.2) is 128 Å². The summed E-state index contributed by atoms with van der Waals surface area (Å²) in [6.07, 6.45) is 21.0. The molecule has 0 radical (unpaired) electrons. The van der Waals surface area contributed by atoms with Crippen molar-refractivity contribution in [2.45, 2.75) is 0 Å². The maximum Gasteiger partial charge on any atom is 0.0229 e. The molecule has 55 heavy (non-hydrogen) atoms. The molecular weight excluding hydrogens is 1120 g/mol. The first-order valence-electron chi connectivity index (χ1n) is 13.5. The van der Waals surface area contributed by atoms with Crippen LogP contribution in [0.3, 0.4) is 0 Å². The van der Waals surface area contributed by atoms with E-state index in [4.69, 9.17) is 0 Å². The van der Waals surface area contributed by atoms with E-state index in [2.05, 4.69) is 51.9 Å². The molecule has 0 saturated carbocycles. The molecule has 11 aliphatic rings. The summed E-state index contributed by atoms with van der Waals surface area (Å²) in [6, 6.07) is 0. The molecule has 11 heterocycles. The average Bonchev–Trinajstić information content (AvgIpc) is 4.11. The molecule has 308 valence electrons. The minimum absolute atomic E-state index is 1.63. The van der Waals surface area contributed by atoms with Gasteiger partial charge < -0.3 is 51.9 Å². The molecule has 11 nitrogen and oxygen atoms in total. The van der Waals surface area contributed by atoms with Crippen LogP contribution >= 0.6 is 240 Å². The van der Waals surface area contributed by atoms with Crippen LogP contribution in [0.1, 0.15) is 0 Å². The monoisotopic (exact) mass is 1150 g/mol. The fourth-order valence-electron chi connectivity index (χ4n) is 1.53. The number of hydrogen-bond acceptors (Lipinski definition) is 33. The van der Waals surface area contributed by atoms with Gasteiger partial charge in [0.05, 0.1) is 0 Å². The number of nitrogens with one attached hydrogen (secondary N) is 11. The van der Waals surface area contributed by atoms with Gasteiger partial charge in [-0.25, -0.2) is 0 Å². The highest BCUT2D eigenvalue weighted by atomic mass is 33.1. The quantitative estimate of drug-likeness (QED) is 0.0830. The predicted octanol–water partition coefficient (Wildman–Crippen LogP) is 14.9. The molecule has 0 saturated heterocycles. The van der Waals surface area contributed by atoms with Gasteiger partial charge in [0.1, 0.15) is 0 Å². The molecule has 0 bridgehead atoms. The summed E-state index contributed by atoms with van der Waals surface area (Å²) in [5.41, 5.74) is 0. The normalized spacial score (nSPS) is 19.2. The van der Waals surface area contributed by atoms with Crippen LogP contribution in [-0.2, 0) is 0 Å². The van der Waals surface area contributed by atoms with Gasteiger partial charge in [0.2, 0.25) is 0 Å². The fourth-order valence-corrected chi connectivity index (χ4v) is 13.8. The van der Waals surface area contributed by atoms with E-state index in [1.165, 1.54) is 0 Å². The summed E-state index contributed by atoms with van der Waals surface area (Å²) < 4.78 is 32.1. The van der Waals surface area contributed by atoms with Crippen molar-refractivity contribution in [1.29, 1.82) is 0 Å². The van der Waals surface area contributed by atoms with E-state index in [9.17, 15) is 0 Å². The Kier molecular flexibility index (Phi) is 53.4. The van der Waals surface area contributed by atoms with Gasteiger partial charge in [-0.2, -0.15) is 0 Å². The third kappa shape index (κ3) is 50.9. The zero-order valence-electron chi connectivity index (χ0n) is 27.2. The molecule has 0 spiro atoms. The maximum absolute atomic E-state index is 2.92. The van der Waals surface area contributed by atoms with Crippen molar-refractivity contribution in [3.8, 4) is 0 Å². The first kappa shape index (κ1) is 55.7. The smallest absolute Gasteiger partial charge is 0.0229 e. The summed E-state index contributed by atoms with van der Waals surface area (Å²) in [7, 11) is 36.6. The van der Waals surface area contributed by atoms with Crippen LogP contribution < -0.4 is 51.9 Å². The molecule has 11 aliphatic heterocycles. The maximum atomic E-state index is 2.92. The highest BCUT2D eigenvalue weighted by molar-refractivity contribution is 8.80. The molecule has 11 N–H and O–H groups in total. The summed E-state index contributed by atoms with van der Waals surface area (Å²) in [5.74, 6) is 0. The van der Waals surface area contributed by atoms with E-state index in [1.54, 1.807) is 240 Å². The van der Waals surface area contributed by atoms with E-state index < -0.39 is 0 Å². The first-order chi connectivity index (χ1) is 27.5. The van der Waals surface area contributed by atoms with Crippen LogP contribution in [0.5, 0.6) is 0 Å². The third-order valence-corrected chi connectivity index (χ3v) is 19.5. The number of rotatable bonds is 0. The summed E-state index contributed by atoms with van der Waals surface area (Å²) in [6.45, 7) is 0. The standard InChI is InChI=1S/11C2H3NS2/c11*1-2-4-5-3-1/h11*1-3H. The summed E-state index contributed by atoms with van der Waals surface area (Å²) >= 11 is 0. The van der Waals surface area contributed by atoms with Gasteiger partial charge in [-0.05, 0) is 119 Å². The van der Waals surface area contributed by atoms with Crippen LogP contribution in [0, 0.1) is 0 Å². The van der Waals surface area contributed by atoms with E-state index in [1.807, 2.05) is 128 Å². The Morgan fingerprint density at radius 2 is 0.236 bits per heavy atom. The summed E-state index contributed by atoms with van der Waals surface area (Å²) in [5, 5.41) is 22.1. The van der Waals surface area contributed by atoms with Gasteiger partial charge in [-0.1, -0.05) is 0 Å². The van der Waals surface area contributed by atoms with Crippen molar-refractivity contribution in [3.63, 3.8) is 0 Å². The largest absolute Gasteiger partial charge is 0.327 e. The minimum Gasteiger partial charge on any atom is -0.327 e. The predicted molar refractivity (Wildman–Crippen MR) is 302 cm³/mol. The van der Waals surface area contributed by atoms with E-state index in [-0.39, 0.29) is 0 Å². The lowest BCUT2D eigenvalue weighted by atomic mass is 11.1.